The summed E-state index contributed by atoms with van der Waals surface area (Å²) in [6.45, 7) is 0. The molecule has 88 valence electrons. The van der Waals surface area contributed by atoms with E-state index in [1.54, 1.807) is 6.07 Å². The molecular weight excluding hydrogens is 223 g/mol. The molecule has 1 rings (SSSR count). The topological polar surface area (TPSA) is 70.0 Å². The van der Waals surface area contributed by atoms with Gasteiger partial charge >= 0.3 is 0 Å². The lowest BCUT2D eigenvalue weighted by Gasteiger charge is -2.07. The van der Waals surface area contributed by atoms with Crippen molar-refractivity contribution in [3.05, 3.63) is 35.6 Å². The van der Waals surface area contributed by atoms with Crippen LogP contribution in [0.3, 0.4) is 0 Å². The molecule has 17 heavy (non-hydrogen) atoms. The number of carbonyl (C=O) groups is 2. The van der Waals surface area contributed by atoms with Crippen molar-refractivity contribution in [2.45, 2.75) is 6.42 Å². The van der Waals surface area contributed by atoms with Gasteiger partial charge < -0.3 is 5.32 Å². The zero-order valence-corrected chi connectivity index (χ0v) is 9.24. The first-order valence-electron chi connectivity index (χ1n) is 4.99. The van der Waals surface area contributed by atoms with Crippen LogP contribution in [-0.4, -0.2) is 18.7 Å². The molecule has 1 aromatic carbocycles. The van der Waals surface area contributed by atoms with Crippen molar-refractivity contribution < 1.29 is 14.0 Å². The number of nitrogens with one attached hydrogen (secondary N) is 1. The average molecular weight is 234 g/mol. The number of nitriles is 1. The fourth-order valence-corrected chi connectivity index (χ4v) is 1.35. The molecule has 5 heteroatoms. The molecule has 0 spiro atoms. The summed E-state index contributed by atoms with van der Waals surface area (Å²) in [7, 11) is 1.38. The Kier molecular flexibility index (Phi) is 4.35. The number of amides is 1. The minimum Gasteiger partial charge on any atom is -0.358 e. The standard InChI is InChI=1S/C12H11FN2O2/c1-15-12(17)8(7-14)6-11(16)9-4-2-3-5-10(9)13/h2-5,8H,6H2,1H3,(H,15,17). The molecule has 1 unspecified atom stereocenters. The Morgan fingerprint density at radius 2 is 2.12 bits per heavy atom. The Morgan fingerprint density at radius 1 is 1.47 bits per heavy atom. The van der Waals surface area contributed by atoms with Gasteiger partial charge in [0, 0.05) is 13.5 Å². The third kappa shape index (κ3) is 3.11. The van der Waals surface area contributed by atoms with Crippen LogP contribution in [0.5, 0.6) is 0 Å². The summed E-state index contributed by atoms with van der Waals surface area (Å²) in [6.07, 6.45) is -0.322. The van der Waals surface area contributed by atoms with E-state index < -0.39 is 23.4 Å². The third-order valence-corrected chi connectivity index (χ3v) is 2.28. The van der Waals surface area contributed by atoms with Gasteiger partial charge in [0.15, 0.2) is 5.78 Å². The molecule has 0 heterocycles. The number of hydrogen-bond acceptors (Lipinski definition) is 3. The lowest BCUT2D eigenvalue weighted by Crippen LogP contribution is -2.28. The van der Waals surface area contributed by atoms with Crippen molar-refractivity contribution in [1.29, 1.82) is 5.26 Å². The molecule has 1 N–H and O–H groups in total. The van der Waals surface area contributed by atoms with Crippen LogP contribution in [0.2, 0.25) is 0 Å². The molecule has 1 atom stereocenters. The molecule has 4 nitrogen and oxygen atoms in total. The van der Waals surface area contributed by atoms with Gasteiger partial charge in [-0.2, -0.15) is 5.26 Å². The summed E-state index contributed by atoms with van der Waals surface area (Å²) < 4.78 is 13.3. The third-order valence-electron chi connectivity index (χ3n) is 2.28. The maximum Gasteiger partial charge on any atom is 0.237 e. The van der Waals surface area contributed by atoms with Gasteiger partial charge in [0.25, 0.3) is 0 Å². The summed E-state index contributed by atoms with van der Waals surface area (Å²) in [5.74, 6) is -2.84. The van der Waals surface area contributed by atoms with E-state index in [0.29, 0.717) is 0 Å². The van der Waals surface area contributed by atoms with E-state index in [-0.39, 0.29) is 12.0 Å². The van der Waals surface area contributed by atoms with Crippen molar-refractivity contribution >= 4 is 11.7 Å². The van der Waals surface area contributed by atoms with Crippen molar-refractivity contribution in [3.8, 4) is 6.07 Å². The van der Waals surface area contributed by atoms with Crippen LogP contribution in [0.1, 0.15) is 16.8 Å². The molecule has 0 saturated heterocycles. The van der Waals surface area contributed by atoms with E-state index in [0.717, 1.165) is 6.07 Å². The number of benzene rings is 1. The first-order valence-corrected chi connectivity index (χ1v) is 4.99. The normalized spacial score (nSPS) is 11.4. The second-order valence-corrected chi connectivity index (χ2v) is 3.40. The summed E-state index contributed by atoms with van der Waals surface area (Å²) in [5.41, 5.74) is -0.100. The van der Waals surface area contributed by atoms with Crippen LogP contribution in [0, 0.1) is 23.1 Å². The highest BCUT2D eigenvalue weighted by atomic mass is 19.1. The average Bonchev–Trinajstić information content (AvgIpc) is 2.35. The smallest absolute Gasteiger partial charge is 0.237 e. The van der Waals surface area contributed by atoms with E-state index >= 15 is 0 Å². The fourth-order valence-electron chi connectivity index (χ4n) is 1.35. The largest absolute Gasteiger partial charge is 0.358 e. The number of carbonyl (C=O) groups excluding carboxylic acids is 2. The molecule has 0 radical (unpaired) electrons. The fraction of sp³-hybridized carbons (Fsp3) is 0.250. The van der Waals surface area contributed by atoms with E-state index in [1.165, 1.54) is 25.2 Å². The Hall–Kier alpha value is -2.22. The van der Waals surface area contributed by atoms with Gasteiger partial charge in [0.05, 0.1) is 11.6 Å². The van der Waals surface area contributed by atoms with Crippen LogP contribution in [0.15, 0.2) is 24.3 Å². The Labute approximate surface area is 98.1 Å². The molecule has 0 aliphatic rings. The highest BCUT2D eigenvalue weighted by molar-refractivity contribution is 5.99. The SMILES string of the molecule is CNC(=O)C(C#N)CC(=O)c1ccccc1F. The van der Waals surface area contributed by atoms with Crippen molar-refractivity contribution in [1.82, 2.24) is 5.32 Å². The van der Waals surface area contributed by atoms with E-state index in [2.05, 4.69) is 5.32 Å². The zero-order valence-electron chi connectivity index (χ0n) is 9.24. The lowest BCUT2D eigenvalue weighted by atomic mass is 9.98. The van der Waals surface area contributed by atoms with Crippen LogP contribution < -0.4 is 5.32 Å². The lowest BCUT2D eigenvalue weighted by molar-refractivity contribution is -0.122. The van der Waals surface area contributed by atoms with Gasteiger partial charge in [-0.05, 0) is 12.1 Å². The highest BCUT2D eigenvalue weighted by Gasteiger charge is 2.22. The Morgan fingerprint density at radius 3 is 2.65 bits per heavy atom. The molecule has 0 saturated carbocycles. The highest BCUT2D eigenvalue weighted by Crippen LogP contribution is 2.13. The molecule has 1 amide bonds. The summed E-state index contributed by atoms with van der Waals surface area (Å²) >= 11 is 0. The van der Waals surface area contributed by atoms with Gasteiger partial charge in [0.2, 0.25) is 5.91 Å². The molecule has 1 aromatic rings. The second-order valence-electron chi connectivity index (χ2n) is 3.40. The van der Waals surface area contributed by atoms with E-state index in [4.69, 9.17) is 5.26 Å². The van der Waals surface area contributed by atoms with E-state index in [1.807, 2.05) is 0 Å². The van der Waals surface area contributed by atoms with Gasteiger partial charge in [0.1, 0.15) is 11.7 Å². The second kappa shape index (κ2) is 5.75. The molecule has 0 bridgehead atoms. The summed E-state index contributed by atoms with van der Waals surface area (Å²) in [5, 5.41) is 11.0. The molecule has 0 fully saturated rings. The number of nitrogens with zero attached hydrogens (tertiary/aromatic N) is 1. The minimum atomic E-state index is -1.09. The first-order chi connectivity index (χ1) is 8.10. The predicted octanol–water partition coefficient (Wildman–Crippen LogP) is 1.28. The maximum atomic E-state index is 13.3. The Balaban J connectivity index is 2.83. The van der Waals surface area contributed by atoms with Crippen molar-refractivity contribution in [2.75, 3.05) is 7.05 Å². The minimum absolute atomic E-state index is 0.100. The number of rotatable bonds is 4. The first kappa shape index (κ1) is 12.8. The van der Waals surface area contributed by atoms with Crippen LogP contribution >= 0.6 is 0 Å². The Bertz CT molecular complexity index is 480. The number of halogens is 1. The van der Waals surface area contributed by atoms with Gasteiger partial charge in [-0.15, -0.1) is 0 Å². The quantitative estimate of drug-likeness (QED) is 0.798. The predicted molar refractivity (Wildman–Crippen MR) is 58.5 cm³/mol. The summed E-state index contributed by atoms with van der Waals surface area (Å²) in [6, 6.07) is 7.20. The zero-order chi connectivity index (χ0) is 12.8. The number of hydrogen-bond donors (Lipinski definition) is 1. The monoisotopic (exact) mass is 234 g/mol. The van der Waals surface area contributed by atoms with Crippen LogP contribution in [0.25, 0.3) is 0 Å². The molecule has 0 aliphatic heterocycles. The molecule has 0 aromatic heterocycles. The van der Waals surface area contributed by atoms with Gasteiger partial charge in [-0.3, -0.25) is 9.59 Å². The van der Waals surface area contributed by atoms with Crippen LogP contribution in [-0.2, 0) is 4.79 Å². The summed E-state index contributed by atoms with van der Waals surface area (Å²) in [4.78, 5) is 22.9. The number of ketones is 1. The molecule has 0 aliphatic carbocycles. The maximum absolute atomic E-state index is 13.3. The molecular formula is C12H11FN2O2. The van der Waals surface area contributed by atoms with Crippen molar-refractivity contribution in [2.24, 2.45) is 5.92 Å². The van der Waals surface area contributed by atoms with E-state index in [9.17, 15) is 14.0 Å². The number of Topliss-reactive ketones (excluding diaryl/α,β-unsaturated/α-hetero) is 1. The van der Waals surface area contributed by atoms with Gasteiger partial charge in [-0.1, -0.05) is 12.1 Å². The van der Waals surface area contributed by atoms with Gasteiger partial charge in [-0.25, -0.2) is 4.39 Å². The van der Waals surface area contributed by atoms with Crippen molar-refractivity contribution in [3.63, 3.8) is 0 Å². The van der Waals surface area contributed by atoms with Crippen LogP contribution in [0.4, 0.5) is 4.39 Å².